The van der Waals surface area contributed by atoms with E-state index >= 15 is 0 Å². The van der Waals surface area contributed by atoms with E-state index in [9.17, 15) is 0 Å². The van der Waals surface area contributed by atoms with Crippen LogP contribution in [0.2, 0.25) is 0 Å². The first-order valence-corrected chi connectivity index (χ1v) is 7.30. The van der Waals surface area contributed by atoms with E-state index in [0.29, 0.717) is 5.92 Å². The van der Waals surface area contributed by atoms with Crippen LogP contribution >= 0.6 is 0 Å². The van der Waals surface area contributed by atoms with Gasteiger partial charge in [0.15, 0.2) is 0 Å². The minimum absolute atomic E-state index is 0.653. The fourth-order valence-corrected chi connectivity index (χ4v) is 2.49. The Morgan fingerprint density at radius 3 is 2.76 bits per heavy atom. The molecule has 1 atom stereocenters. The van der Waals surface area contributed by atoms with Gasteiger partial charge in [0.05, 0.1) is 6.61 Å². The van der Waals surface area contributed by atoms with Crippen LogP contribution in [0.1, 0.15) is 39.5 Å². The molecule has 3 heteroatoms. The van der Waals surface area contributed by atoms with Crippen molar-refractivity contribution in [1.29, 1.82) is 0 Å². The Labute approximate surface area is 106 Å². The molecule has 1 aliphatic heterocycles. The molecule has 0 aromatic carbocycles. The van der Waals surface area contributed by atoms with E-state index in [4.69, 9.17) is 4.74 Å². The van der Waals surface area contributed by atoms with Crippen molar-refractivity contribution >= 4 is 0 Å². The summed E-state index contributed by atoms with van der Waals surface area (Å²) in [6.45, 7) is 9.80. The topological polar surface area (TPSA) is 24.5 Å². The predicted octanol–water partition coefficient (Wildman–Crippen LogP) is 1.88. The summed E-state index contributed by atoms with van der Waals surface area (Å²) >= 11 is 0. The standard InChI is InChI=1S/C14H28N2O/c1-12(2)11-17-9-8-16-7-3-4-14(10-16)15-13-5-6-13/h12-15H,3-11H2,1-2H3. The second kappa shape index (κ2) is 6.72. The first-order chi connectivity index (χ1) is 8.24. The number of ether oxygens (including phenoxy) is 1. The SMILES string of the molecule is CC(C)COCCN1CCCC(NC2CC2)C1. The van der Waals surface area contributed by atoms with Gasteiger partial charge in [-0.1, -0.05) is 13.8 Å². The van der Waals surface area contributed by atoms with Crippen molar-refractivity contribution in [2.24, 2.45) is 5.92 Å². The van der Waals surface area contributed by atoms with Crippen LogP contribution in [0.25, 0.3) is 0 Å². The van der Waals surface area contributed by atoms with Gasteiger partial charge in [0.2, 0.25) is 0 Å². The molecule has 0 aromatic heterocycles. The van der Waals surface area contributed by atoms with Gasteiger partial charge in [0.1, 0.15) is 0 Å². The van der Waals surface area contributed by atoms with Crippen LogP contribution < -0.4 is 5.32 Å². The number of hydrogen-bond donors (Lipinski definition) is 1. The second-order valence-corrected chi connectivity index (χ2v) is 6.05. The Hall–Kier alpha value is -0.120. The van der Waals surface area contributed by atoms with E-state index in [1.807, 2.05) is 0 Å². The van der Waals surface area contributed by atoms with Crippen molar-refractivity contribution in [2.45, 2.75) is 51.6 Å². The fourth-order valence-electron chi connectivity index (χ4n) is 2.49. The van der Waals surface area contributed by atoms with Crippen LogP contribution in [-0.2, 0) is 4.74 Å². The maximum Gasteiger partial charge on any atom is 0.0593 e. The lowest BCUT2D eigenvalue weighted by molar-refractivity contribution is 0.0748. The molecule has 1 N–H and O–H groups in total. The van der Waals surface area contributed by atoms with Gasteiger partial charge >= 0.3 is 0 Å². The molecule has 0 radical (unpaired) electrons. The van der Waals surface area contributed by atoms with Crippen molar-refractivity contribution in [3.63, 3.8) is 0 Å². The third kappa shape index (κ3) is 5.36. The highest BCUT2D eigenvalue weighted by molar-refractivity contribution is 4.87. The summed E-state index contributed by atoms with van der Waals surface area (Å²) in [7, 11) is 0. The molecule has 2 fully saturated rings. The van der Waals surface area contributed by atoms with Gasteiger partial charge in [-0.3, -0.25) is 4.90 Å². The molecular weight excluding hydrogens is 212 g/mol. The maximum absolute atomic E-state index is 5.66. The third-order valence-corrected chi connectivity index (χ3v) is 3.56. The zero-order valence-corrected chi connectivity index (χ0v) is 11.5. The molecule has 1 aliphatic carbocycles. The maximum atomic E-state index is 5.66. The normalized spacial score (nSPS) is 26.6. The summed E-state index contributed by atoms with van der Waals surface area (Å²) in [5, 5.41) is 3.75. The first kappa shape index (κ1) is 13.3. The van der Waals surface area contributed by atoms with E-state index in [0.717, 1.165) is 31.8 Å². The van der Waals surface area contributed by atoms with Gasteiger partial charge in [-0.05, 0) is 38.1 Å². The van der Waals surface area contributed by atoms with Gasteiger partial charge in [-0.25, -0.2) is 0 Å². The molecular formula is C14H28N2O. The van der Waals surface area contributed by atoms with Gasteiger partial charge in [-0.15, -0.1) is 0 Å². The van der Waals surface area contributed by atoms with Gasteiger partial charge in [-0.2, -0.15) is 0 Å². The number of hydrogen-bond acceptors (Lipinski definition) is 3. The van der Waals surface area contributed by atoms with Crippen LogP contribution in [0.4, 0.5) is 0 Å². The zero-order chi connectivity index (χ0) is 12.1. The molecule has 1 heterocycles. The number of nitrogens with one attached hydrogen (secondary N) is 1. The van der Waals surface area contributed by atoms with E-state index in [-0.39, 0.29) is 0 Å². The summed E-state index contributed by atoms with van der Waals surface area (Å²) in [5.41, 5.74) is 0. The quantitative estimate of drug-likeness (QED) is 0.688. The molecule has 0 amide bonds. The fraction of sp³-hybridized carbons (Fsp3) is 1.00. The lowest BCUT2D eigenvalue weighted by Crippen LogP contribution is -2.47. The van der Waals surface area contributed by atoms with E-state index in [1.165, 1.54) is 38.8 Å². The number of rotatable bonds is 7. The van der Waals surface area contributed by atoms with Crippen LogP contribution in [0, 0.1) is 5.92 Å². The lowest BCUT2D eigenvalue weighted by Gasteiger charge is -2.33. The Morgan fingerprint density at radius 2 is 2.06 bits per heavy atom. The Kier molecular flexibility index (Phi) is 5.26. The van der Waals surface area contributed by atoms with Crippen molar-refractivity contribution in [3.05, 3.63) is 0 Å². The third-order valence-electron chi connectivity index (χ3n) is 3.56. The van der Waals surface area contributed by atoms with E-state index in [1.54, 1.807) is 0 Å². The van der Waals surface area contributed by atoms with Crippen LogP contribution in [-0.4, -0.2) is 49.8 Å². The highest BCUT2D eigenvalue weighted by Gasteiger charge is 2.27. The average Bonchev–Trinajstić information content (AvgIpc) is 3.09. The van der Waals surface area contributed by atoms with Crippen LogP contribution in [0.15, 0.2) is 0 Å². The summed E-state index contributed by atoms with van der Waals surface area (Å²) < 4.78 is 5.66. The van der Waals surface area contributed by atoms with Gasteiger partial charge in [0.25, 0.3) is 0 Å². The van der Waals surface area contributed by atoms with Crippen molar-refractivity contribution in [1.82, 2.24) is 10.2 Å². The predicted molar refractivity (Wildman–Crippen MR) is 71.3 cm³/mol. The van der Waals surface area contributed by atoms with E-state index in [2.05, 4.69) is 24.1 Å². The summed E-state index contributed by atoms with van der Waals surface area (Å²) in [6, 6.07) is 1.58. The summed E-state index contributed by atoms with van der Waals surface area (Å²) in [5.74, 6) is 0.653. The summed E-state index contributed by atoms with van der Waals surface area (Å²) in [4.78, 5) is 2.56. The van der Waals surface area contributed by atoms with Crippen LogP contribution in [0.5, 0.6) is 0 Å². The van der Waals surface area contributed by atoms with Gasteiger partial charge < -0.3 is 10.1 Å². The highest BCUT2D eigenvalue weighted by atomic mass is 16.5. The Balaban J connectivity index is 1.56. The average molecular weight is 240 g/mol. The molecule has 1 saturated carbocycles. The molecule has 1 unspecified atom stereocenters. The molecule has 0 aromatic rings. The lowest BCUT2D eigenvalue weighted by atomic mass is 10.1. The molecule has 17 heavy (non-hydrogen) atoms. The number of likely N-dealkylation sites (tertiary alicyclic amines) is 1. The van der Waals surface area contributed by atoms with E-state index < -0.39 is 0 Å². The van der Waals surface area contributed by atoms with Crippen molar-refractivity contribution < 1.29 is 4.74 Å². The molecule has 1 saturated heterocycles. The largest absolute Gasteiger partial charge is 0.380 e. The molecule has 0 spiro atoms. The van der Waals surface area contributed by atoms with Gasteiger partial charge in [0, 0.05) is 31.8 Å². The molecule has 100 valence electrons. The molecule has 0 bridgehead atoms. The van der Waals surface area contributed by atoms with Crippen LogP contribution in [0.3, 0.4) is 0 Å². The molecule has 2 rings (SSSR count). The Bertz CT molecular complexity index is 216. The zero-order valence-electron chi connectivity index (χ0n) is 11.5. The van der Waals surface area contributed by atoms with Crippen molar-refractivity contribution in [2.75, 3.05) is 32.8 Å². The second-order valence-electron chi connectivity index (χ2n) is 6.05. The molecule has 3 nitrogen and oxygen atoms in total. The first-order valence-electron chi connectivity index (χ1n) is 7.30. The molecule has 2 aliphatic rings. The minimum atomic E-state index is 0.653. The monoisotopic (exact) mass is 240 g/mol. The highest BCUT2D eigenvalue weighted by Crippen LogP contribution is 2.21. The van der Waals surface area contributed by atoms with Crippen molar-refractivity contribution in [3.8, 4) is 0 Å². The Morgan fingerprint density at radius 1 is 1.24 bits per heavy atom. The number of piperidine rings is 1. The minimum Gasteiger partial charge on any atom is -0.380 e. The summed E-state index contributed by atoms with van der Waals surface area (Å²) in [6.07, 6.45) is 5.50. The number of nitrogens with zero attached hydrogens (tertiary/aromatic N) is 1. The smallest absolute Gasteiger partial charge is 0.0593 e.